The number of fused-ring (bicyclic) bond motifs is 5. The molecule has 138 heavy (non-hydrogen) atoms. The van der Waals surface area contributed by atoms with Crippen LogP contribution >= 0.6 is 11.6 Å². The normalized spacial score (nSPS) is 25.4. The number of hydrogen-bond acceptors (Lipinski definition) is 20. The summed E-state index contributed by atoms with van der Waals surface area (Å²) >= 11 is 6.16. The fourth-order valence-corrected chi connectivity index (χ4v) is 30.4. The maximum absolute atomic E-state index is 14.1. The first kappa shape index (κ1) is 101. The van der Waals surface area contributed by atoms with Crippen molar-refractivity contribution in [1.82, 2.24) is 69.3 Å². The maximum Gasteiger partial charge on any atom is 0.262 e. The average molecular weight is 2020 g/mol. The SMILES string of the molecule is Cc1ccc(C(=O)CC2CCC3CN(S(=O)(=O)c4cn(C)cn4)CC23)c(F)c1.Cc1ccc(C(=O)CC2CCC3CN(S(=O)(=O)c4cn(C)cn4)CC23)cc1.Cc1ccc(C(=O)CC2CCC3CN(S(=O)(=O)c4cn(C)cn4)CC23)cc1Cl.Cn1cnc(S(=O)(=O)N2CC3CCC(CC(=O)c4c(F)cccc4F)C3C2)c1.Cn1cnc(S(=O)(=O)N2CC3CCC(CC(=O)c4ccccc4F)C3C2)c1. The molecule has 40 heteroatoms. The van der Waals surface area contributed by atoms with Crippen LogP contribution in [0, 0.1) is 133 Å². The zero-order chi connectivity index (χ0) is 98.5. The van der Waals surface area contributed by atoms with Crippen LogP contribution in [0.1, 0.15) is 165 Å². The van der Waals surface area contributed by atoms with Crippen molar-refractivity contribution in [1.29, 1.82) is 0 Å². The predicted molar refractivity (Wildman–Crippen MR) is 504 cm³/mol. The Morgan fingerprint density at radius 1 is 0.312 bits per heavy atom. The van der Waals surface area contributed by atoms with E-state index < -0.39 is 84.7 Å². The van der Waals surface area contributed by atoms with Gasteiger partial charge in [0.1, 0.15) is 23.3 Å². The van der Waals surface area contributed by atoms with E-state index in [1.807, 2.05) is 50.2 Å². The first-order chi connectivity index (χ1) is 65.5. The highest BCUT2D eigenvalue weighted by Crippen LogP contribution is 2.51. The minimum atomic E-state index is -3.68. The summed E-state index contributed by atoms with van der Waals surface area (Å²) in [5.74, 6) is -0.767. The van der Waals surface area contributed by atoms with Crippen molar-refractivity contribution in [2.24, 2.45) is 124 Å². The molecule has 5 saturated heterocycles. The second-order valence-electron chi connectivity index (χ2n) is 39.3. The van der Waals surface area contributed by atoms with Gasteiger partial charge in [0.05, 0.1) is 48.3 Å². The molecule has 0 spiro atoms. The lowest BCUT2D eigenvalue weighted by atomic mass is 9.87. The highest BCUT2D eigenvalue weighted by Gasteiger charge is 2.53. The highest BCUT2D eigenvalue weighted by atomic mass is 35.5. The van der Waals surface area contributed by atoms with E-state index in [9.17, 15) is 83.6 Å². The lowest BCUT2D eigenvalue weighted by Crippen LogP contribution is -2.31. The number of nitrogens with zero attached hydrogens (tertiary/aromatic N) is 15. The zero-order valence-electron chi connectivity index (χ0n) is 78.2. The molecule has 30 nitrogen and oxygen atoms in total. The Balaban J connectivity index is 0.000000125. The van der Waals surface area contributed by atoms with Crippen LogP contribution in [0.15, 0.2) is 191 Å². The molecule has 0 N–H and O–H groups in total. The number of benzene rings is 5. The van der Waals surface area contributed by atoms with Gasteiger partial charge < -0.3 is 22.8 Å². The predicted octanol–water partition coefficient (Wildman–Crippen LogP) is 13.8. The van der Waals surface area contributed by atoms with Gasteiger partial charge in [0.25, 0.3) is 50.1 Å². The molecule has 10 aromatic rings. The van der Waals surface area contributed by atoms with Gasteiger partial charge in [0.2, 0.25) is 0 Å². The Labute approximate surface area is 808 Å². The lowest BCUT2D eigenvalue weighted by Gasteiger charge is -2.19. The topological polar surface area (TPSA) is 361 Å². The molecule has 5 aromatic heterocycles. The number of rotatable bonds is 25. The number of Topliss-reactive ketones (excluding diaryl/α,β-unsaturated/α-hetero) is 5. The second-order valence-corrected chi connectivity index (χ2v) is 49.2. The van der Waals surface area contributed by atoms with E-state index in [1.165, 1.54) is 93.6 Å². The van der Waals surface area contributed by atoms with E-state index in [0.29, 0.717) is 101 Å². The van der Waals surface area contributed by atoms with Crippen molar-refractivity contribution in [2.75, 3.05) is 65.4 Å². The number of hydrogen-bond donors (Lipinski definition) is 0. The first-order valence-corrected chi connectivity index (χ1v) is 54.4. The molecule has 10 aliphatic rings. The van der Waals surface area contributed by atoms with Crippen molar-refractivity contribution in [3.05, 3.63) is 239 Å². The quantitative estimate of drug-likeness (QED) is 0.0379. The number of halogens is 5. The summed E-state index contributed by atoms with van der Waals surface area (Å²) in [6.07, 6.45) is 25.5. The standard InChI is InChI=1S/C20H24ClN3O3S.C20H24FN3O3S.C20H25N3O3S.C19H21F2N3O3S.C19H22FN3O3S/c1-13-3-4-15(7-18(13)21)19(25)8-14-5-6-16-9-24(10-17(14)16)28(26,27)20-11-23(2)12-22-20;1-13-3-6-16(18(21)7-13)19(25)8-14-4-5-15-9-24(10-17(14)15)28(26,27)20-11-23(2)12-22-20;1-14-3-5-15(6-4-14)19(24)9-16-7-8-17-10-23(11-18(16)17)27(25,26)20-12-22(2)13-21-20;1-23-10-18(22-11-23)28(26,27)24-8-13-6-5-12(14(13)9-24)7-17(25)19-15(20)3-2-4-16(19)21;1-22-11-19(21-12-22)27(25,26)23-9-14-7-6-13(16(14)10-23)8-18(24)15-4-2-3-5-17(15)20/h3-4,7,11-12,14,16-17H,5-6,8-10H2,1-2H3;3,6-7,11-12,14-15,17H,4-5,8-10H2,1-2H3;3-6,12-13,16-18H,7-11H2,1-2H3;2-4,10-14H,5-9H2,1H3;2-5,11-14,16H,6-10H2,1H3. The van der Waals surface area contributed by atoms with Crippen LogP contribution in [0.5, 0.6) is 0 Å². The second kappa shape index (κ2) is 41.3. The molecule has 5 aliphatic heterocycles. The molecule has 0 amide bonds. The Morgan fingerprint density at radius 3 is 0.899 bits per heavy atom. The van der Waals surface area contributed by atoms with Gasteiger partial charge in [0.15, 0.2) is 54.0 Å². The van der Waals surface area contributed by atoms with Crippen LogP contribution in [0.4, 0.5) is 17.6 Å². The number of aryl methyl sites for hydroxylation is 8. The average Bonchev–Trinajstić information content (AvgIpc) is 1.63. The van der Waals surface area contributed by atoms with Crippen LogP contribution in [0.3, 0.4) is 0 Å². The van der Waals surface area contributed by atoms with Gasteiger partial charge in [0, 0.05) is 180 Å². The van der Waals surface area contributed by atoms with Crippen molar-refractivity contribution in [2.45, 2.75) is 142 Å². The number of carbonyl (C=O) groups is 5. The van der Waals surface area contributed by atoms with E-state index in [1.54, 1.807) is 110 Å². The summed E-state index contributed by atoms with van der Waals surface area (Å²) in [7, 11) is -9.36. The zero-order valence-corrected chi connectivity index (χ0v) is 83.0. The summed E-state index contributed by atoms with van der Waals surface area (Å²) in [4.78, 5) is 83.0. The van der Waals surface area contributed by atoms with Gasteiger partial charge in [-0.1, -0.05) is 77.8 Å². The third-order valence-electron chi connectivity index (χ3n) is 30.2. The minimum absolute atomic E-state index is 0.0102. The van der Waals surface area contributed by atoms with E-state index in [2.05, 4.69) is 24.9 Å². The fraction of sp³-hybridized carbons (Fsp3) is 0.490. The van der Waals surface area contributed by atoms with Crippen molar-refractivity contribution < 1.29 is 83.6 Å². The molecule has 15 atom stereocenters. The molecule has 20 rings (SSSR count). The molecule has 5 aromatic carbocycles. The van der Waals surface area contributed by atoms with Gasteiger partial charge in [-0.2, -0.15) is 21.5 Å². The number of imidazole rings is 5. The van der Waals surface area contributed by atoms with Gasteiger partial charge in [-0.05, 0) is 227 Å². The van der Waals surface area contributed by atoms with Crippen LogP contribution in [0.25, 0.3) is 0 Å². The van der Waals surface area contributed by atoms with E-state index in [4.69, 9.17) is 11.6 Å². The minimum Gasteiger partial charge on any atom is -0.339 e. The van der Waals surface area contributed by atoms with Crippen molar-refractivity contribution >= 4 is 90.6 Å². The van der Waals surface area contributed by atoms with E-state index >= 15 is 0 Å². The largest absolute Gasteiger partial charge is 0.339 e. The summed E-state index contributed by atoms with van der Waals surface area (Å²) in [5, 5.41) is 0.933. The Bertz CT molecular complexity index is 6840. The van der Waals surface area contributed by atoms with Gasteiger partial charge in [-0.25, -0.2) is 84.6 Å². The maximum atomic E-state index is 14.1. The summed E-state index contributed by atoms with van der Waals surface area (Å²) in [6, 6.07) is 27.2. The van der Waals surface area contributed by atoms with E-state index in [-0.39, 0.29) is 156 Å². The molecular formula is C98H116ClF4N15O15S5. The number of ketones is 5. The molecule has 10 fully saturated rings. The summed E-state index contributed by atoms with van der Waals surface area (Å²) in [6.45, 7) is 10.2. The summed E-state index contributed by atoms with van der Waals surface area (Å²) in [5.41, 5.74) is 4.00. The molecule has 15 unspecified atom stereocenters. The Hall–Kier alpha value is -9.94. The molecule has 5 aliphatic carbocycles. The Morgan fingerprint density at radius 2 is 0.594 bits per heavy atom. The number of aromatic nitrogens is 10. The number of sulfonamides is 5. The van der Waals surface area contributed by atoms with Gasteiger partial charge in [-0.3, -0.25) is 24.0 Å². The Kier molecular flexibility index (Phi) is 30.2. The van der Waals surface area contributed by atoms with Crippen LogP contribution in [-0.4, -0.2) is 206 Å². The molecule has 738 valence electrons. The molecule has 5 saturated carbocycles. The lowest BCUT2D eigenvalue weighted by molar-refractivity contribution is 0.0933. The molecule has 0 radical (unpaired) electrons. The van der Waals surface area contributed by atoms with Crippen molar-refractivity contribution in [3.8, 4) is 0 Å². The molecular weight excluding hydrogens is 1900 g/mol. The number of carbonyl (C=O) groups excluding carboxylic acids is 5. The molecule has 0 bridgehead atoms. The van der Waals surface area contributed by atoms with Crippen LogP contribution in [0.2, 0.25) is 5.02 Å². The highest BCUT2D eigenvalue weighted by molar-refractivity contribution is 7.90. The van der Waals surface area contributed by atoms with Crippen LogP contribution < -0.4 is 0 Å². The van der Waals surface area contributed by atoms with Gasteiger partial charge in [-0.15, -0.1) is 0 Å². The smallest absolute Gasteiger partial charge is 0.262 e. The first-order valence-electron chi connectivity index (χ1n) is 46.8. The van der Waals surface area contributed by atoms with Crippen LogP contribution in [-0.2, 0) is 85.4 Å². The van der Waals surface area contributed by atoms with Crippen molar-refractivity contribution in [3.63, 3.8) is 0 Å². The monoisotopic (exact) mass is 2010 g/mol. The third kappa shape index (κ3) is 21.8. The molecule has 10 heterocycles. The van der Waals surface area contributed by atoms with Gasteiger partial charge >= 0.3 is 0 Å². The third-order valence-corrected chi connectivity index (χ3v) is 39.2. The fourth-order valence-electron chi connectivity index (χ4n) is 22.8. The van der Waals surface area contributed by atoms with E-state index in [0.717, 1.165) is 98.6 Å². The summed E-state index contributed by atoms with van der Waals surface area (Å²) < 4.78 is 200.